The molecule has 0 aliphatic carbocycles. The van der Waals surface area contributed by atoms with Gasteiger partial charge in [-0.05, 0) is 6.42 Å². The molecule has 1 aromatic rings. The summed E-state index contributed by atoms with van der Waals surface area (Å²) in [6, 6.07) is -0.00935. The maximum absolute atomic E-state index is 11.6. The molecule has 5 nitrogen and oxygen atoms in total. The topological polar surface area (TPSA) is 83.8 Å². The quantitative estimate of drug-likeness (QED) is 0.642. The summed E-state index contributed by atoms with van der Waals surface area (Å²) >= 11 is 4.80. The van der Waals surface area contributed by atoms with Gasteiger partial charge in [-0.2, -0.15) is 5.10 Å². The Kier molecular flexibility index (Phi) is 4.23. The monoisotopic (exact) mass is 226 g/mol. The lowest BCUT2D eigenvalue weighted by Gasteiger charge is -2.15. The van der Waals surface area contributed by atoms with Gasteiger partial charge in [0.05, 0.1) is 16.7 Å². The molecule has 0 saturated carbocycles. The van der Waals surface area contributed by atoms with Crippen molar-refractivity contribution in [2.75, 3.05) is 0 Å². The molecule has 0 bridgehead atoms. The van der Waals surface area contributed by atoms with Crippen LogP contribution in [0, 0.1) is 0 Å². The van der Waals surface area contributed by atoms with E-state index in [-0.39, 0.29) is 11.9 Å². The fourth-order valence-electron chi connectivity index (χ4n) is 1.18. The normalized spacial score (nSPS) is 12.1. The van der Waals surface area contributed by atoms with Crippen molar-refractivity contribution < 1.29 is 4.79 Å². The summed E-state index contributed by atoms with van der Waals surface area (Å²) in [5, 5.41) is 9.12. The molecule has 1 aromatic heterocycles. The summed E-state index contributed by atoms with van der Waals surface area (Å²) in [5.74, 6) is -0.160. The Balaban J connectivity index is 2.52. The molecular formula is C9H14N4OS. The number of aromatic amines is 1. The second-order valence-electron chi connectivity index (χ2n) is 3.24. The third kappa shape index (κ3) is 3.67. The first-order chi connectivity index (χ1) is 7.13. The molecular weight excluding hydrogens is 212 g/mol. The highest BCUT2D eigenvalue weighted by molar-refractivity contribution is 7.80. The highest BCUT2D eigenvalue weighted by atomic mass is 32.1. The fraction of sp³-hybridized carbons (Fsp3) is 0.444. The standard InChI is InChI=1S/C9H14N4OS/c1-2-7(3-8(10)15)13-9(14)6-4-11-12-5-6/h4-5,7H,2-3H2,1H3,(H2,10,15)(H,11,12)(H,13,14). The minimum atomic E-state index is -0.160. The van der Waals surface area contributed by atoms with Crippen LogP contribution in [0.15, 0.2) is 12.4 Å². The lowest BCUT2D eigenvalue weighted by molar-refractivity contribution is 0.0937. The lowest BCUT2D eigenvalue weighted by Crippen LogP contribution is -2.36. The number of hydrogen-bond acceptors (Lipinski definition) is 3. The lowest BCUT2D eigenvalue weighted by atomic mass is 10.1. The van der Waals surface area contributed by atoms with Crippen molar-refractivity contribution in [2.24, 2.45) is 5.73 Å². The van der Waals surface area contributed by atoms with Crippen LogP contribution >= 0.6 is 12.2 Å². The van der Waals surface area contributed by atoms with Crippen LogP contribution in [0.1, 0.15) is 30.1 Å². The molecule has 0 aliphatic rings. The number of nitrogens with one attached hydrogen (secondary N) is 2. The van der Waals surface area contributed by atoms with Crippen LogP contribution in [0.25, 0.3) is 0 Å². The number of nitrogens with zero attached hydrogens (tertiary/aromatic N) is 1. The van der Waals surface area contributed by atoms with Gasteiger partial charge in [0.25, 0.3) is 5.91 Å². The zero-order valence-corrected chi connectivity index (χ0v) is 9.30. The van der Waals surface area contributed by atoms with Gasteiger partial charge in [-0.1, -0.05) is 19.1 Å². The molecule has 0 spiro atoms. The summed E-state index contributed by atoms with van der Waals surface area (Å²) in [7, 11) is 0. The molecule has 1 heterocycles. The Morgan fingerprint density at radius 1 is 1.80 bits per heavy atom. The van der Waals surface area contributed by atoms with E-state index in [9.17, 15) is 4.79 Å². The minimum absolute atomic E-state index is 0.00935. The van der Waals surface area contributed by atoms with Gasteiger partial charge in [-0.15, -0.1) is 0 Å². The van der Waals surface area contributed by atoms with Gasteiger partial charge in [0.2, 0.25) is 0 Å². The number of hydrogen-bond donors (Lipinski definition) is 3. The highest BCUT2D eigenvalue weighted by Gasteiger charge is 2.13. The third-order valence-corrected chi connectivity index (χ3v) is 2.20. The smallest absolute Gasteiger partial charge is 0.254 e. The summed E-state index contributed by atoms with van der Waals surface area (Å²) < 4.78 is 0. The van der Waals surface area contributed by atoms with E-state index in [1.165, 1.54) is 6.20 Å². The number of carbonyl (C=O) groups is 1. The van der Waals surface area contributed by atoms with Crippen LogP contribution in [-0.4, -0.2) is 27.1 Å². The van der Waals surface area contributed by atoms with Crippen molar-refractivity contribution in [1.29, 1.82) is 0 Å². The first kappa shape index (κ1) is 11.6. The Labute approximate surface area is 93.4 Å². The van der Waals surface area contributed by atoms with Gasteiger partial charge in [0, 0.05) is 18.7 Å². The molecule has 15 heavy (non-hydrogen) atoms. The van der Waals surface area contributed by atoms with Gasteiger partial charge in [0.1, 0.15) is 0 Å². The van der Waals surface area contributed by atoms with Crippen molar-refractivity contribution in [3.63, 3.8) is 0 Å². The van der Waals surface area contributed by atoms with Gasteiger partial charge in [0.15, 0.2) is 0 Å². The first-order valence-corrected chi connectivity index (χ1v) is 5.12. The summed E-state index contributed by atoms with van der Waals surface area (Å²) in [6.45, 7) is 1.97. The van der Waals surface area contributed by atoms with Crippen molar-refractivity contribution >= 4 is 23.1 Å². The summed E-state index contributed by atoms with van der Waals surface area (Å²) in [4.78, 5) is 12.0. The number of rotatable bonds is 5. The second kappa shape index (κ2) is 5.45. The molecule has 0 fully saturated rings. The van der Waals surface area contributed by atoms with Gasteiger partial charge in [-0.3, -0.25) is 9.89 Å². The molecule has 82 valence electrons. The van der Waals surface area contributed by atoms with E-state index < -0.39 is 0 Å². The Bertz CT molecular complexity index is 336. The van der Waals surface area contributed by atoms with Crippen molar-refractivity contribution in [3.8, 4) is 0 Å². The van der Waals surface area contributed by atoms with E-state index in [1.54, 1.807) is 6.20 Å². The highest BCUT2D eigenvalue weighted by Crippen LogP contribution is 2.01. The summed E-state index contributed by atoms with van der Waals surface area (Å²) in [5.41, 5.74) is 5.94. The van der Waals surface area contributed by atoms with Crippen LogP contribution in [0.2, 0.25) is 0 Å². The predicted molar refractivity (Wildman–Crippen MR) is 61.5 cm³/mol. The molecule has 0 saturated heterocycles. The van der Waals surface area contributed by atoms with E-state index in [1.807, 2.05) is 6.92 Å². The summed E-state index contributed by atoms with van der Waals surface area (Å²) in [6.07, 6.45) is 4.34. The number of thiocarbonyl (C=S) groups is 1. The molecule has 1 unspecified atom stereocenters. The number of H-pyrrole nitrogens is 1. The Hall–Kier alpha value is -1.43. The fourth-order valence-corrected chi connectivity index (χ4v) is 1.39. The van der Waals surface area contributed by atoms with E-state index >= 15 is 0 Å². The average Bonchev–Trinajstić information content (AvgIpc) is 2.68. The molecule has 1 rings (SSSR count). The number of aromatic nitrogens is 2. The van der Waals surface area contributed by atoms with Crippen molar-refractivity contribution in [3.05, 3.63) is 18.0 Å². The Morgan fingerprint density at radius 3 is 3.00 bits per heavy atom. The van der Waals surface area contributed by atoms with E-state index in [4.69, 9.17) is 18.0 Å². The number of nitrogens with two attached hydrogens (primary N) is 1. The minimum Gasteiger partial charge on any atom is -0.393 e. The van der Waals surface area contributed by atoms with E-state index in [0.717, 1.165) is 6.42 Å². The van der Waals surface area contributed by atoms with Crippen molar-refractivity contribution in [1.82, 2.24) is 15.5 Å². The molecule has 0 aliphatic heterocycles. The number of carbonyl (C=O) groups excluding carboxylic acids is 1. The van der Waals surface area contributed by atoms with Gasteiger partial charge in [-0.25, -0.2) is 0 Å². The SMILES string of the molecule is CCC(CC(N)=S)NC(=O)c1cn[nH]c1. The molecule has 0 radical (unpaired) electrons. The first-order valence-electron chi connectivity index (χ1n) is 4.71. The van der Waals surface area contributed by atoms with Gasteiger partial charge < -0.3 is 11.1 Å². The van der Waals surface area contributed by atoms with Crippen LogP contribution in [0.4, 0.5) is 0 Å². The van der Waals surface area contributed by atoms with Crippen molar-refractivity contribution in [2.45, 2.75) is 25.8 Å². The zero-order valence-electron chi connectivity index (χ0n) is 8.49. The molecule has 1 atom stereocenters. The van der Waals surface area contributed by atoms with Crippen LogP contribution in [-0.2, 0) is 0 Å². The number of amides is 1. The predicted octanol–water partition coefficient (Wildman–Crippen LogP) is 0.594. The third-order valence-electron chi connectivity index (χ3n) is 2.04. The molecule has 0 aromatic carbocycles. The largest absolute Gasteiger partial charge is 0.393 e. The Morgan fingerprint density at radius 2 is 2.53 bits per heavy atom. The second-order valence-corrected chi connectivity index (χ2v) is 3.76. The molecule has 1 amide bonds. The molecule has 4 N–H and O–H groups in total. The average molecular weight is 226 g/mol. The van der Waals surface area contributed by atoms with Crippen LogP contribution < -0.4 is 11.1 Å². The van der Waals surface area contributed by atoms with E-state index in [2.05, 4.69) is 15.5 Å². The van der Waals surface area contributed by atoms with Crippen LogP contribution in [0.5, 0.6) is 0 Å². The van der Waals surface area contributed by atoms with E-state index in [0.29, 0.717) is 17.0 Å². The van der Waals surface area contributed by atoms with Gasteiger partial charge >= 0.3 is 0 Å². The zero-order chi connectivity index (χ0) is 11.3. The maximum atomic E-state index is 11.6. The molecule has 6 heteroatoms. The van der Waals surface area contributed by atoms with Crippen LogP contribution in [0.3, 0.4) is 0 Å². The maximum Gasteiger partial charge on any atom is 0.254 e.